The Morgan fingerprint density at radius 3 is 2.75 bits per heavy atom. The topological polar surface area (TPSA) is 26.3 Å². The molecule has 0 aliphatic heterocycles. The zero-order valence-electron chi connectivity index (χ0n) is 10.2. The third-order valence-electron chi connectivity index (χ3n) is 2.46. The second-order valence-corrected chi connectivity index (χ2v) is 4.10. The summed E-state index contributed by atoms with van der Waals surface area (Å²) in [5, 5.41) is 0. The Morgan fingerprint density at radius 1 is 1.25 bits per heavy atom. The predicted octanol–water partition coefficient (Wildman–Crippen LogP) is 3.87. The Morgan fingerprint density at radius 2 is 2.06 bits per heavy atom. The van der Waals surface area contributed by atoms with Crippen LogP contribution in [-0.4, -0.2) is 5.97 Å². The van der Waals surface area contributed by atoms with Crippen LogP contribution in [0.4, 0.5) is 0 Å². The number of unbranched alkanes of at least 4 members (excludes halogenated alkanes) is 3. The number of esters is 1. The third kappa shape index (κ3) is 4.96. The highest BCUT2D eigenvalue weighted by Gasteiger charge is 2.04. The lowest BCUT2D eigenvalue weighted by Crippen LogP contribution is -2.07. The molecule has 0 spiro atoms. The molecule has 0 aliphatic carbocycles. The SMILES string of the molecule is CCCCCCC(=O)Oc1cccc(C)c1. The maximum Gasteiger partial charge on any atom is 0.311 e. The van der Waals surface area contributed by atoms with Crippen molar-refractivity contribution in [3.8, 4) is 5.75 Å². The monoisotopic (exact) mass is 220 g/mol. The van der Waals surface area contributed by atoms with Crippen molar-refractivity contribution < 1.29 is 9.53 Å². The fourth-order valence-electron chi connectivity index (χ4n) is 1.56. The van der Waals surface area contributed by atoms with Crippen molar-refractivity contribution in [1.82, 2.24) is 0 Å². The van der Waals surface area contributed by atoms with Crippen LogP contribution >= 0.6 is 0 Å². The Bertz CT molecular complexity index is 331. The summed E-state index contributed by atoms with van der Waals surface area (Å²) in [6, 6.07) is 7.58. The van der Waals surface area contributed by atoms with E-state index in [0.717, 1.165) is 18.4 Å². The number of rotatable bonds is 6. The zero-order valence-corrected chi connectivity index (χ0v) is 10.2. The van der Waals surface area contributed by atoms with Crippen LogP contribution in [0.2, 0.25) is 0 Å². The van der Waals surface area contributed by atoms with Crippen LogP contribution in [0.1, 0.15) is 44.6 Å². The molecule has 0 radical (unpaired) electrons. The molecular weight excluding hydrogens is 200 g/mol. The van der Waals surface area contributed by atoms with E-state index in [0.29, 0.717) is 12.2 Å². The van der Waals surface area contributed by atoms with Crippen molar-refractivity contribution >= 4 is 5.97 Å². The third-order valence-corrected chi connectivity index (χ3v) is 2.46. The molecule has 1 aromatic rings. The van der Waals surface area contributed by atoms with E-state index in [1.807, 2.05) is 31.2 Å². The molecule has 0 amide bonds. The average molecular weight is 220 g/mol. The highest BCUT2D eigenvalue weighted by atomic mass is 16.5. The summed E-state index contributed by atoms with van der Waals surface area (Å²) in [4.78, 5) is 11.5. The molecule has 0 saturated carbocycles. The van der Waals surface area contributed by atoms with Gasteiger partial charge in [0.1, 0.15) is 5.75 Å². The molecule has 0 fully saturated rings. The first kappa shape index (κ1) is 12.8. The van der Waals surface area contributed by atoms with Gasteiger partial charge in [0.05, 0.1) is 0 Å². The largest absolute Gasteiger partial charge is 0.427 e. The molecule has 0 saturated heterocycles. The van der Waals surface area contributed by atoms with Crippen LogP contribution in [0.3, 0.4) is 0 Å². The maximum atomic E-state index is 11.5. The molecule has 16 heavy (non-hydrogen) atoms. The molecule has 0 aliphatic rings. The summed E-state index contributed by atoms with van der Waals surface area (Å²) in [6.45, 7) is 4.14. The Balaban J connectivity index is 2.29. The Hall–Kier alpha value is -1.31. The summed E-state index contributed by atoms with van der Waals surface area (Å²) in [5.41, 5.74) is 1.11. The maximum absolute atomic E-state index is 11.5. The number of hydrogen-bond acceptors (Lipinski definition) is 2. The van der Waals surface area contributed by atoms with Gasteiger partial charge in [-0.1, -0.05) is 38.3 Å². The van der Waals surface area contributed by atoms with E-state index >= 15 is 0 Å². The van der Waals surface area contributed by atoms with E-state index in [4.69, 9.17) is 4.74 Å². The summed E-state index contributed by atoms with van der Waals surface area (Å²) in [6.07, 6.45) is 4.94. The van der Waals surface area contributed by atoms with Gasteiger partial charge in [-0.25, -0.2) is 0 Å². The fourth-order valence-corrected chi connectivity index (χ4v) is 1.56. The van der Waals surface area contributed by atoms with E-state index < -0.39 is 0 Å². The van der Waals surface area contributed by atoms with Crippen LogP contribution in [0.15, 0.2) is 24.3 Å². The van der Waals surface area contributed by atoms with E-state index in [2.05, 4.69) is 6.92 Å². The molecule has 1 rings (SSSR count). The number of hydrogen-bond donors (Lipinski definition) is 0. The summed E-state index contributed by atoms with van der Waals surface area (Å²) >= 11 is 0. The second-order valence-electron chi connectivity index (χ2n) is 4.10. The first-order valence-electron chi connectivity index (χ1n) is 5.99. The second kappa shape index (κ2) is 7.04. The van der Waals surface area contributed by atoms with Crippen LogP contribution in [-0.2, 0) is 4.79 Å². The van der Waals surface area contributed by atoms with E-state index in [9.17, 15) is 4.79 Å². The number of aryl methyl sites for hydroxylation is 1. The van der Waals surface area contributed by atoms with Crippen molar-refractivity contribution in [3.05, 3.63) is 29.8 Å². The molecule has 0 bridgehead atoms. The molecule has 1 aromatic carbocycles. The molecule has 0 heterocycles. The van der Waals surface area contributed by atoms with Crippen LogP contribution in [0.5, 0.6) is 5.75 Å². The van der Waals surface area contributed by atoms with Gasteiger partial charge in [0.2, 0.25) is 0 Å². The molecule has 0 unspecified atom stereocenters. The lowest BCUT2D eigenvalue weighted by atomic mass is 10.1. The van der Waals surface area contributed by atoms with Gasteiger partial charge in [-0.3, -0.25) is 4.79 Å². The van der Waals surface area contributed by atoms with E-state index in [1.54, 1.807) is 0 Å². The van der Waals surface area contributed by atoms with E-state index in [-0.39, 0.29) is 5.97 Å². The predicted molar refractivity (Wildman–Crippen MR) is 65.6 cm³/mol. The first-order valence-corrected chi connectivity index (χ1v) is 5.99. The highest BCUT2D eigenvalue weighted by molar-refractivity contribution is 5.72. The van der Waals surface area contributed by atoms with Gasteiger partial charge >= 0.3 is 5.97 Å². The molecule has 88 valence electrons. The van der Waals surface area contributed by atoms with Gasteiger partial charge in [0.15, 0.2) is 0 Å². The molecule has 0 atom stereocenters. The van der Waals surface area contributed by atoms with Gasteiger partial charge in [-0.05, 0) is 31.0 Å². The standard InChI is InChI=1S/C14H20O2/c1-3-4-5-6-10-14(15)16-13-9-7-8-12(2)11-13/h7-9,11H,3-6,10H2,1-2H3. The van der Waals surface area contributed by atoms with Crippen molar-refractivity contribution in [1.29, 1.82) is 0 Å². The zero-order chi connectivity index (χ0) is 11.8. The van der Waals surface area contributed by atoms with Crippen molar-refractivity contribution in [2.75, 3.05) is 0 Å². The van der Waals surface area contributed by atoms with Crippen LogP contribution in [0, 0.1) is 6.92 Å². The van der Waals surface area contributed by atoms with Gasteiger partial charge in [0.25, 0.3) is 0 Å². The van der Waals surface area contributed by atoms with Gasteiger partial charge in [0, 0.05) is 6.42 Å². The van der Waals surface area contributed by atoms with Gasteiger partial charge in [-0.2, -0.15) is 0 Å². The fraction of sp³-hybridized carbons (Fsp3) is 0.500. The number of ether oxygens (including phenoxy) is 1. The minimum Gasteiger partial charge on any atom is -0.427 e. The number of carbonyl (C=O) groups is 1. The van der Waals surface area contributed by atoms with Gasteiger partial charge < -0.3 is 4.74 Å². The molecule has 0 N–H and O–H groups in total. The number of carbonyl (C=O) groups excluding carboxylic acids is 1. The lowest BCUT2D eigenvalue weighted by molar-refractivity contribution is -0.134. The smallest absolute Gasteiger partial charge is 0.311 e. The molecule has 0 aromatic heterocycles. The molecule has 2 heteroatoms. The summed E-state index contributed by atoms with van der Waals surface area (Å²) in [5.74, 6) is 0.530. The Labute approximate surface area is 97.6 Å². The molecular formula is C14H20O2. The highest BCUT2D eigenvalue weighted by Crippen LogP contribution is 2.13. The minimum atomic E-state index is -0.123. The van der Waals surface area contributed by atoms with Gasteiger partial charge in [-0.15, -0.1) is 0 Å². The first-order chi connectivity index (χ1) is 7.72. The number of benzene rings is 1. The lowest BCUT2D eigenvalue weighted by Gasteiger charge is -2.04. The van der Waals surface area contributed by atoms with Crippen molar-refractivity contribution in [3.63, 3.8) is 0 Å². The summed E-state index contributed by atoms with van der Waals surface area (Å²) < 4.78 is 5.24. The van der Waals surface area contributed by atoms with Crippen LogP contribution < -0.4 is 4.74 Å². The quantitative estimate of drug-likeness (QED) is 0.413. The average Bonchev–Trinajstić information content (AvgIpc) is 2.24. The molecule has 2 nitrogen and oxygen atoms in total. The van der Waals surface area contributed by atoms with Crippen LogP contribution in [0.25, 0.3) is 0 Å². The van der Waals surface area contributed by atoms with Crippen molar-refractivity contribution in [2.24, 2.45) is 0 Å². The van der Waals surface area contributed by atoms with E-state index in [1.165, 1.54) is 12.8 Å². The summed E-state index contributed by atoms with van der Waals surface area (Å²) in [7, 11) is 0. The normalized spacial score (nSPS) is 10.1. The minimum absolute atomic E-state index is 0.123. The van der Waals surface area contributed by atoms with Crippen molar-refractivity contribution in [2.45, 2.75) is 46.0 Å². The Kier molecular flexibility index (Phi) is 5.62.